The largest absolute Gasteiger partial charge is 0.493 e. The Morgan fingerprint density at radius 3 is 2.57 bits per heavy atom. The number of carbonyl (C=O) groups excluding carboxylic acids is 1. The topological polar surface area (TPSA) is 72.8 Å². The number of pyridine rings is 1. The van der Waals surface area contributed by atoms with Crippen LogP contribution in [0.2, 0.25) is 0 Å². The molecule has 0 saturated heterocycles. The highest BCUT2D eigenvalue weighted by molar-refractivity contribution is 6.16. The maximum Gasteiger partial charge on any atom is 0.251 e. The lowest BCUT2D eigenvalue weighted by Crippen LogP contribution is -2.30. The zero-order chi connectivity index (χ0) is 24.8. The van der Waals surface area contributed by atoms with E-state index in [1.807, 2.05) is 36.4 Å². The number of ether oxygens (including phenoxy) is 2. The van der Waals surface area contributed by atoms with Crippen LogP contribution in [-0.4, -0.2) is 34.9 Å². The number of nitrogens with one attached hydrogen (secondary N) is 1. The number of fused-ring (bicyclic) bond motifs is 3. The van der Waals surface area contributed by atoms with E-state index >= 15 is 0 Å². The van der Waals surface area contributed by atoms with Crippen LogP contribution in [0.4, 0.5) is 0 Å². The van der Waals surface area contributed by atoms with Crippen LogP contribution in [0, 0.1) is 0 Å². The van der Waals surface area contributed by atoms with Crippen molar-refractivity contribution in [2.75, 3.05) is 7.11 Å². The van der Waals surface area contributed by atoms with Crippen LogP contribution in [0.5, 0.6) is 11.5 Å². The van der Waals surface area contributed by atoms with Crippen LogP contribution in [0.3, 0.4) is 0 Å². The maximum atomic E-state index is 12.7. The van der Waals surface area contributed by atoms with E-state index < -0.39 is 0 Å². The van der Waals surface area contributed by atoms with Crippen LogP contribution in [0.25, 0.3) is 0 Å². The average molecular weight is 470 g/mol. The summed E-state index contributed by atoms with van der Waals surface area (Å²) in [4.78, 5) is 22.0. The van der Waals surface area contributed by atoms with Gasteiger partial charge in [-0.15, -0.1) is 0 Å². The molecule has 1 amide bonds. The molecule has 0 fully saturated rings. The van der Waals surface area contributed by atoms with E-state index in [4.69, 9.17) is 14.5 Å². The van der Waals surface area contributed by atoms with Gasteiger partial charge in [0, 0.05) is 47.6 Å². The van der Waals surface area contributed by atoms with Crippen molar-refractivity contribution in [2.45, 2.75) is 58.2 Å². The Morgan fingerprint density at radius 2 is 1.89 bits per heavy atom. The fraction of sp³-hybridized carbons (Fsp3) is 0.345. The Morgan fingerprint density at radius 1 is 1.11 bits per heavy atom. The van der Waals surface area contributed by atoms with E-state index in [1.165, 1.54) is 5.56 Å². The van der Waals surface area contributed by atoms with Gasteiger partial charge >= 0.3 is 0 Å². The number of hydrogen-bond acceptors (Lipinski definition) is 5. The Hall–Kier alpha value is -3.67. The van der Waals surface area contributed by atoms with Gasteiger partial charge < -0.3 is 14.8 Å². The number of benzene rings is 2. The smallest absolute Gasteiger partial charge is 0.251 e. The summed E-state index contributed by atoms with van der Waals surface area (Å²) in [5.74, 6) is 1.48. The Labute approximate surface area is 206 Å². The summed E-state index contributed by atoms with van der Waals surface area (Å²) in [6, 6.07) is 13.6. The van der Waals surface area contributed by atoms with E-state index in [0.29, 0.717) is 12.1 Å². The van der Waals surface area contributed by atoms with Crippen LogP contribution < -0.4 is 14.8 Å². The minimum Gasteiger partial charge on any atom is -0.493 e. The van der Waals surface area contributed by atoms with Gasteiger partial charge in [-0.05, 0) is 69.5 Å². The van der Waals surface area contributed by atoms with Gasteiger partial charge in [-0.3, -0.25) is 14.8 Å². The molecule has 2 aliphatic rings. The van der Waals surface area contributed by atoms with Gasteiger partial charge in [0.05, 0.1) is 18.4 Å². The lowest BCUT2D eigenvalue weighted by atomic mass is 9.81. The fourth-order valence-electron chi connectivity index (χ4n) is 5.00. The second kappa shape index (κ2) is 8.52. The maximum absolute atomic E-state index is 12.7. The van der Waals surface area contributed by atoms with E-state index in [-0.39, 0.29) is 17.0 Å². The molecule has 35 heavy (non-hydrogen) atoms. The SMILES string of the molecule is COc1cc2c(c3c1OC(C)(C)C3)C(c1ccc(C(=O)NCc3cccnc3)cc1)=NC(C)(C)C2. The number of hydrogen-bond donors (Lipinski definition) is 1. The van der Waals surface area contributed by atoms with E-state index in [9.17, 15) is 4.79 Å². The van der Waals surface area contributed by atoms with Gasteiger partial charge in [0.25, 0.3) is 5.91 Å². The summed E-state index contributed by atoms with van der Waals surface area (Å²) in [5.41, 5.74) is 6.44. The van der Waals surface area contributed by atoms with E-state index in [2.05, 4.69) is 44.1 Å². The summed E-state index contributed by atoms with van der Waals surface area (Å²) in [7, 11) is 1.69. The Bertz CT molecular complexity index is 1310. The van der Waals surface area contributed by atoms with Crippen molar-refractivity contribution < 1.29 is 14.3 Å². The minimum atomic E-state index is -0.307. The lowest BCUT2D eigenvalue weighted by molar-refractivity contribution is 0.0951. The molecule has 1 N–H and O–H groups in total. The second-order valence-electron chi connectivity index (χ2n) is 10.5. The van der Waals surface area contributed by atoms with Crippen molar-refractivity contribution in [1.29, 1.82) is 0 Å². The zero-order valence-electron chi connectivity index (χ0n) is 20.9. The number of amides is 1. The monoisotopic (exact) mass is 469 g/mol. The third-order valence-electron chi connectivity index (χ3n) is 6.50. The summed E-state index contributed by atoms with van der Waals surface area (Å²) < 4.78 is 12.0. The first kappa shape index (κ1) is 23.1. The quantitative estimate of drug-likeness (QED) is 0.577. The minimum absolute atomic E-state index is 0.118. The summed E-state index contributed by atoms with van der Waals surface area (Å²) in [6.07, 6.45) is 5.08. The van der Waals surface area contributed by atoms with Crippen LogP contribution >= 0.6 is 0 Å². The van der Waals surface area contributed by atoms with Gasteiger partial charge in [-0.25, -0.2) is 0 Å². The molecule has 0 bridgehead atoms. The molecule has 2 aromatic carbocycles. The molecule has 0 unspecified atom stereocenters. The first-order valence-corrected chi connectivity index (χ1v) is 12.0. The van der Waals surface area contributed by atoms with Gasteiger partial charge in [-0.1, -0.05) is 18.2 Å². The molecule has 5 rings (SSSR count). The van der Waals surface area contributed by atoms with Gasteiger partial charge in [0.15, 0.2) is 11.5 Å². The Kier molecular flexibility index (Phi) is 5.62. The van der Waals surface area contributed by atoms with Gasteiger partial charge in [0.1, 0.15) is 5.60 Å². The third kappa shape index (κ3) is 4.53. The molecule has 3 heterocycles. The number of carbonyl (C=O) groups is 1. The highest BCUT2D eigenvalue weighted by Gasteiger charge is 2.39. The molecule has 3 aromatic rings. The van der Waals surface area contributed by atoms with Crippen molar-refractivity contribution in [3.8, 4) is 11.5 Å². The van der Waals surface area contributed by atoms with Crippen molar-refractivity contribution in [2.24, 2.45) is 4.99 Å². The average Bonchev–Trinajstić information content (AvgIpc) is 3.16. The van der Waals surface area contributed by atoms with E-state index in [1.54, 1.807) is 19.5 Å². The normalized spacial score (nSPS) is 17.0. The fourth-order valence-corrected chi connectivity index (χ4v) is 5.00. The van der Waals surface area contributed by atoms with Crippen molar-refractivity contribution >= 4 is 11.6 Å². The number of aliphatic imine (C=N–C) groups is 1. The molecule has 6 heteroatoms. The van der Waals surface area contributed by atoms with Gasteiger partial charge in [0.2, 0.25) is 0 Å². The highest BCUT2D eigenvalue weighted by atomic mass is 16.5. The molecule has 0 atom stereocenters. The van der Waals surface area contributed by atoms with Gasteiger partial charge in [-0.2, -0.15) is 0 Å². The summed E-state index contributed by atoms with van der Waals surface area (Å²) in [5, 5.41) is 2.96. The highest BCUT2D eigenvalue weighted by Crippen LogP contribution is 2.47. The van der Waals surface area contributed by atoms with Crippen molar-refractivity contribution in [3.63, 3.8) is 0 Å². The standard InChI is InChI=1S/C29H31N3O3/c1-28(2)14-21-13-23(34-5)26-22(15-29(3,4)35-26)24(21)25(32-28)19-8-10-20(11-9-19)27(33)31-17-18-7-6-12-30-16-18/h6-13,16H,14-15,17H2,1-5H3,(H,31,33). The van der Waals surface area contributed by atoms with Crippen LogP contribution in [0.1, 0.15) is 65.9 Å². The first-order chi connectivity index (χ1) is 16.7. The molecule has 2 aliphatic heterocycles. The third-order valence-corrected chi connectivity index (χ3v) is 6.50. The molecule has 0 radical (unpaired) electrons. The lowest BCUT2D eigenvalue weighted by Gasteiger charge is -2.31. The predicted molar refractivity (Wildman–Crippen MR) is 137 cm³/mol. The molecular weight excluding hydrogens is 438 g/mol. The molecule has 0 saturated carbocycles. The molecule has 0 aliphatic carbocycles. The van der Waals surface area contributed by atoms with E-state index in [0.717, 1.165) is 52.3 Å². The number of aromatic nitrogens is 1. The zero-order valence-corrected chi connectivity index (χ0v) is 20.9. The van der Waals surface area contributed by atoms with Crippen molar-refractivity contribution in [1.82, 2.24) is 10.3 Å². The summed E-state index contributed by atoms with van der Waals surface area (Å²) >= 11 is 0. The number of methoxy groups -OCH3 is 1. The first-order valence-electron chi connectivity index (χ1n) is 12.0. The molecular formula is C29H31N3O3. The van der Waals surface area contributed by atoms with Crippen LogP contribution in [-0.2, 0) is 19.4 Å². The van der Waals surface area contributed by atoms with Crippen LogP contribution in [0.15, 0.2) is 59.9 Å². The second-order valence-corrected chi connectivity index (χ2v) is 10.5. The number of nitrogens with zero attached hydrogens (tertiary/aromatic N) is 2. The summed E-state index contributed by atoms with van der Waals surface area (Å²) in [6.45, 7) is 8.93. The Balaban J connectivity index is 1.48. The molecule has 1 aromatic heterocycles. The van der Waals surface area contributed by atoms with Crippen molar-refractivity contribution in [3.05, 3.63) is 88.2 Å². The number of rotatable bonds is 5. The molecule has 180 valence electrons. The predicted octanol–water partition coefficient (Wildman–Crippen LogP) is 4.91. The molecule has 6 nitrogen and oxygen atoms in total. The molecule has 0 spiro atoms.